The molecule has 0 heterocycles. The monoisotopic (exact) mass is 281 g/mol. The van der Waals surface area contributed by atoms with E-state index in [0.29, 0.717) is 12.0 Å². The van der Waals surface area contributed by atoms with E-state index in [4.69, 9.17) is 5.11 Å². The lowest BCUT2D eigenvalue weighted by molar-refractivity contribution is -0.142. The zero-order valence-electron chi connectivity index (χ0n) is 11.6. The number of carbonyl (C=O) groups is 2. The molecule has 1 atom stereocenters. The topological polar surface area (TPSA) is 57.6 Å². The smallest absolute Gasteiger partial charge is 0.326 e. The number of aliphatic carboxylic acids is 1. The summed E-state index contributed by atoms with van der Waals surface area (Å²) >= 11 is 1.55. The summed E-state index contributed by atoms with van der Waals surface area (Å²) in [7, 11) is 1.54. The van der Waals surface area contributed by atoms with Gasteiger partial charge in [-0.1, -0.05) is 13.0 Å². The SMILES string of the molecule is CCC(C(=O)O)N(C)C(=O)c1cc(SC)ccc1C. The molecule has 0 spiro atoms. The summed E-state index contributed by atoms with van der Waals surface area (Å²) in [4.78, 5) is 25.8. The van der Waals surface area contributed by atoms with Crippen molar-refractivity contribution in [3.8, 4) is 0 Å². The van der Waals surface area contributed by atoms with Gasteiger partial charge in [-0.2, -0.15) is 0 Å². The average Bonchev–Trinajstić information content (AvgIpc) is 2.38. The van der Waals surface area contributed by atoms with Crippen molar-refractivity contribution in [2.45, 2.75) is 31.2 Å². The predicted molar refractivity (Wildman–Crippen MR) is 76.8 cm³/mol. The number of aryl methyl sites for hydroxylation is 1. The van der Waals surface area contributed by atoms with Gasteiger partial charge in [-0.3, -0.25) is 4.79 Å². The highest BCUT2D eigenvalue weighted by atomic mass is 32.2. The first-order valence-corrected chi connectivity index (χ1v) is 7.29. The number of hydrogen-bond donors (Lipinski definition) is 1. The minimum absolute atomic E-state index is 0.248. The Morgan fingerprint density at radius 1 is 1.42 bits per heavy atom. The van der Waals surface area contributed by atoms with Gasteiger partial charge in [-0.15, -0.1) is 11.8 Å². The van der Waals surface area contributed by atoms with Crippen LogP contribution in [0.15, 0.2) is 23.1 Å². The molecule has 0 aliphatic rings. The van der Waals surface area contributed by atoms with E-state index in [9.17, 15) is 9.59 Å². The predicted octanol–water partition coefficient (Wildman–Crippen LogP) is 2.65. The normalized spacial score (nSPS) is 12.0. The summed E-state index contributed by atoms with van der Waals surface area (Å²) in [5.41, 5.74) is 1.42. The molecule has 0 bridgehead atoms. The molecule has 5 heteroatoms. The van der Waals surface area contributed by atoms with Crippen molar-refractivity contribution in [3.63, 3.8) is 0 Å². The van der Waals surface area contributed by atoms with Gasteiger partial charge in [0.25, 0.3) is 5.91 Å². The third kappa shape index (κ3) is 3.50. The lowest BCUT2D eigenvalue weighted by Crippen LogP contribution is -2.42. The molecule has 0 aliphatic heterocycles. The number of likely N-dealkylation sites (N-methyl/N-ethyl adjacent to an activating group) is 1. The second-order valence-corrected chi connectivity index (χ2v) is 5.24. The van der Waals surface area contributed by atoms with Crippen molar-refractivity contribution in [2.75, 3.05) is 13.3 Å². The van der Waals surface area contributed by atoms with Gasteiger partial charge >= 0.3 is 5.97 Å². The van der Waals surface area contributed by atoms with E-state index < -0.39 is 12.0 Å². The highest BCUT2D eigenvalue weighted by Crippen LogP contribution is 2.21. The maximum Gasteiger partial charge on any atom is 0.326 e. The second kappa shape index (κ2) is 6.61. The Kier molecular flexibility index (Phi) is 5.42. The number of carboxylic acids is 1. The van der Waals surface area contributed by atoms with Gasteiger partial charge < -0.3 is 10.0 Å². The van der Waals surface area contributed by atoms with Crippen LogP contribution in [0, 0.1) is 6.92 Å². The van der Waals surface area contributed by atoms with Crippen molar-refractivity contribution in [1.82, 2.24) is 4.90 Å². The van der Waals surface area contributed by atoms with Crippen LogP contribution in [0.2, 0.25) is 0 Å². The Balaban J connectivity index is 3.08. The standard InChI is InChI=1S/C14H19NO3S/c1-5-12(14(17)18)15(3)13(16)11-8-10(19-4)7-6-9(11)2/h6-8,12H,5H2,1-4H3,(H,17,18). The summed E-state index contributed by atoms with van der Waals surface area (Å²) in [6.07, 6.45) is 2.33. The van der Waals surface area contributed by atoms with Crippen LogP contribution in [-0.2, 0) is 4.79 Å². The Morgan fingerprint density at radius 3 is 2.53 bits per heavy atom. The maximum atomic E-state index is 12.4. The molecule has 0 aliphatic carbocycles. The fraction of sp³-hybridized carbons (Fsp3) is 0.429. The van der Waals surface area contributed by atoms with E-state index in [1.54, 1.807) is 18.7 Å². The second-order valence-electron chi connectivity index (χ2n) is 4.36. The molecule has 104 valence electrons. The minimum atomic E-state index is -0.975. The number of rotatable bonds is 5. The summed E-state index contributed by atoms with van der Waals surface area (Å²) < 4.78 is 0. The third-order valence-electron chi connectivity index (χ3n) is 3.13. The van der Waals surface area contributed by atoms with Gasteiger partial charge in [-0.05, 0) is 37.3 Å². The van der Waals surface area contributed by atoms with Crippen LogP contribution in [0.25, 0.3) is 0 Å². The summed E-state index contributed by atoms with van der Waals surface area (Å²) in [6, 6.07) is 4.86. The molecule has 1 aromatic rings. The quantitative estimate of drug-likeness (QED) is 0.843. The summed E-state index contributed by atoms with van der Waals surface area (Å²) in [5.74, 6) is -1.22. The molecule has 1 N–H and O–H groups in total. The molecule has 1 amide bonds. The number of amides is 1. The number of thioether (sulfide) groups is 1. The van der Waals surface area contributed by atoms with Crippen molar-refractivity contribution < 1.29 is 14.7 Å². The van der Waals surface area contributed by atoms with E-state index in [1.165, 1.54) is 11.9 Å². The van der Waals surface area contributed by atoms with E-state index in [1.807, 2.05) is 31.4 Å². The Hall–Kier alpha value is -1.49. The fourth-order valence-electron chi connectivity index (χ4n) is 1.90. The van der Waals surface area contributed by atoms with Crippen LogP contribution in [-0.4, -0.2) is 41.2 Å². The van der Waals surface area contributed by atoms with Gasteiger partial charge in [0.15, 0.2) is 0 Å². The van der Waals surface area contributed by atoms with Crippen LogP contribution < -0.4 is 0 Å². The lowest BCUT2D eigenvalue weighted by Gasteiger charge is -2.24. The van der Waals surface area contributed by atoms with Crippen LogP contribution in [0.5, 0.6) is 0 Å². The Morgan fingerprint density at radius 2 is 2.05 bits per heavy atom. The lowest BCUT2D eigenvalue weighted by atomic mass is 10.1. The largest absolute Gasteiger partial charge is 0.480 e. The molecule has 4 nitrogen and oxygen atoms in total. The van der Waals surface area contributed by atoms with E-state index in [0.717, 1.165) is 10.5 Å². The number of benzene rings is 1. The molecular weight excluding hydrogens is 262 g/mol. The fourth-order valence-corrected chi connectivity index (χ4v) is 2.34. The zero-order chi connectivity index (χ0) is 14.6. The third-order valence-corrected chi connectivity index (χ3v) is 3.86. The highest BCUT2D eigenvalue weighted by Gasteiger charge is 2.26. The molecule has 0 saturated heterocycles. The Bertz CT molecular complexity index is 488. The molecule has 19 heavy (non-hydrogen) atoms. The summed E-state index contributed by atoms with van der Waals surface area (Å²) in [5, 5.41) is 9.11. The van der Waals surface area contributed by atoms with Gasteiger partial charge in [-0.25, -0.2) is 4.79 Å². The van der Waals surface area contributed by atoms with Gasteiger partial charge in [0, 0.05) is 17.5 Å². The highest BCUT2D eigenvalue weighted by molar-refractivity contribution is 7.98. The van der Waals surface area contributed by atoms with Crippen LogP contribution in [0.1, 0.15) is 29.3 Å². The Labute approximate surface area is 117 Å². The molecule has 1 aromatic carbocycles. The van der Waals surface area contributed by atoms with Crippen molar-refractivity contribution in [3.05, 3.63) is 29.3 Å². The number of hydrogen-bond acceptors (Lipinski definition) is 3. The zero-order valence-corrected chi connectivity index (χ0v) is 12.5. The maximum absolute atomic E-state index is 12.4. The van der Waals surface area contributed by atoms with Crippen LogP contribution in [0.4, 0.5) is 0 Å². The first-order chi connectivity index (χ1) is 8.92. The van der Waals surface area contributed by atoms with E-state index in [2.05, 4.69) is 0 Å². The molecule has 0 fully saturated rings. The van der Waals surface area contributed by atoms with Crippen molar-refractivity contribution in [1.29, 1.82) is 0 Å². The van der Waals surface area contributed by atoms with Gasteiger partial charge in [0.1, 0.15) is 6.04 Å². The number of carbonyl (C=O) groups excluding carboxylic acids is 1. The summed E-state index contributed by atoms with van der Waals surface area (Å²) in [6.45, 7) is 3.61. The molecule has 1 rings (SSSR count). The van der Waals surface area contributed by atoms with E-state index in [-0.39, 0.29) is 5.91 Å². The average molecular weight is 281 g/mol. The molecule has 1 unspecified atom stereocenters. The van der Waals surface area contributed by atoms with Gasteiger partial charge in [0.2, 0.25) is 0 Å². The molecule has 0 radical (unpaired) electrons. The minimum Gasteiger partial charge on any atom is -0.480 e. The number of carboxylic acid groups (broad SMARTS) is 1. The van der Waals surface area contributed by atoms with Crippen molar-refractivity contribution in [2.24, 2.45) is 0 Å². The van der Waals surface area contributed by atoms with Crippen LogP contribution in [0.3, 0.4) is 0 Å². The molecule has 0 saturated carbocycles. The number of nitrogens with zero attached hydrogens (tertiary/aromatic N) is 1. The molecular formula is C14H19NO3S. The van der Waals surface area contributed by atoms with E-state index >= 15 is 0 Å². The van der Waals surface area contributed by atoms with Gasteiger partial charge in [0.05, 0.1) is 0 Å². The van der Waals surface area contributed by atoms with Crippen LogP contribution >= 0.6 is 11.8 Å². The first-order valence-electron chi connectivity index (χ1n) is 6.07. The first kappa shape index (κ1) is 15.6. The molecule has 0 aromatic heterocycles. The van der Waals surface area contributed by atoms with Crippen molar-refractivity contribution >= 4 is 23.6 Å².